The highest BCUT2D eigenvalue weighted by Gasteiger charge is 2.09. The van der Waals surface area contributed by atoms with Gasteiger partial charge in [0, 0.05) is 11.5 Å². The maximum absolute atomic E-state index is 13.5. The number of halogens is 1. The summed E-state index contributed by atoms with van der Waals surface area (Å²) in [5.74, 6) is -0.426. The average Bonchev–Trinajstić information content (AvgIpc) is 2.71. The van der Waals surface area contributed by atoms with Crippen molar-refractivity contribution in [2.24, 2.45) is 0 Å². The molecule has 0 saturated carbocycles. The predicted octanol–water partition coefficient (Wildman–Crippen LogP) is 3.06. The van der Waals surface area contributed by atoms with E-state index in [1.54, 1.807) is 16.8 Å². The van der Waals surface area contributed by atoms with Crippen LogP contribution in [0.3, 0.4) is 0 Å². The van der Waals surface area contributed by atoms with Gasteiger partial charge in [0.05, 0.1) is 22.6 Å². The molecule has 0 spiro atoms. The van der Waals surface area contributed by atoms with Crippen LogP contribution in [0.4, 0.5) is 10.1 Å². The van der Waals surface area contributed by atoms with Gasteiger partial charge in [-0.2, -0.15) is 5.10 Å². The van der Waals surface area contributed by atoms with Crippen LogP contribution in [0, 0.1) is 12.7 Å². The summed E-state index contributed by atoms with van der Waals surface area (Å²) in [5.41, 5.74) is 8.17. The van der Waals surface area contributed by atoms with Gasteiger partial charge in [-0.25, -0.2) is 9.07 Å². The van der Waals surface area contributed by atoms with Crippen LogP contribution >= 0.6 is 0 Å². The van der Waals surface area contributed by atoms with Gasteiger partial charge in [-0.1, -0.05) is 18.2 Å². The van der Waals surface area contributed by atoms with E-state index >= 15 is 0 Å². The summed E-state index contributed by atoms with van der Waals surface area (Å²) in [4.78, 5) is 0. The molecule has 0 atom stereocenters. The van der Waals surface area contributed by atoms with Gasteiger partial charge in [0.1, 0.15) is 5.82 Å². The third-order valence-corrected chi connectivity index (χ3v) is 3.00. The Bertz CT molecular complexity index is 731. The van der Waals surface area contributed by atoms with Gasteiger partial charge in [-0.05, 0) is 25.1 Å². The molecular weight excluding hydrogens is 229 g/mol. The molecule has 0 saturated heterocycles. The van der Waals surface area contributed by atoms with Crippen molar-refractivity contribution in [1.29, 1.82) is 0 Å². The van der Waals surface area contributed by atoms with Crippen LogP contribution in [0.5, 0.6) is 0 Å². The number of rotatable bonds is 1. The molecule has 4 heteroatoms. The first kappa shape index (κ1) is 10.8. The highest BCUT2D eigenvalue weighted by atomic mass is 19.1. The van der Waals surface area contributed by atoms with Crippen molar-refractivity contribution in [1.82, 2.24) is 9.78 Å². The van der Waals surface area contributed by atoms with Crippen LogP contribution in [0.2, 0.25) is 0 Å². The summed E-state index contributed by atoms with van der Waals surface area (Å²) >= 11 is 0. The first-order valence-electron chi connectivity index (χ1n) is 5.66. The van der Waals surface area contributed by atoms with Crippen LogP contribution in [-0.4, -0.2) is 9.78 Å². The molecule has 0 aliphatic carbocycles. The quantitative estimate of drug-likeness (QED) is 0.665. The maximum Gasteiger partial charge on any atom is 0.148 e. The van der Waals surface area contributed by atoms with E-state index in [1.165, 1.54) is 6.07 Å². The number of anilines is 1. The molecule has 0 amide bonds. The average molecular weight is 241 g/mol. The first-order valence-corrected chi connectivity index (χ1v) is 5.66. The minimum Gasteiger partial charge on any atom is -0.396 e. The number of fused-ring (bicyclic) bond motifs is 1. The van der Waals surface area contributed by atoms with E-state index in [0.717, 1.165) is 16.6 Å². The lowest BCUT2D eigenvalue weighted by molar-refractivity contribution is 0.630. The molecule has 90 valence electrons. The molecular formula is C14H12FN3. The Morgan fingerprint density at radius 3 is 2.72 bits per heavy atom. The molecule has 0 aliphatic heterocycles. The second-order valence-electron chi connectivity index (χ2n) is 4.22. The second kappa shape index (κ2) is 3.84. The van der Waals surface area contributed by atoms with Crippen molar-refractivity contribution >= 4 is 16.6 Å². The van der Waals surface area contributed by atoms with Crippen molar-refractivity contribution in [3.8, 4) is 5.69 Å². The van der Waals surface area contributed by atoms with Gasteiger partial charge in [0.25, 0.3) is 0 Å². The summed E-state index contributed by atoms with van der Waals surface area (Å²) in [5, 5.41) is 5.50. The topological polar surface area (TPSA) is 43.8 Å². The second-order valence-corrected chi connectivity index (χ2v) is 4.22. The van der Waals surface area contributed by atoms with Gasteiger partial charge in [0.2, 0.25) is 0 Å². The van der Waals surface area contributed by atoms with Gasteiger partial charge in [-0.3, -0.25) is 0 Å². The van der Waals surface area contributed by atoms with Crippen LogP contribution in [0.25, 0.3) is 16.6 Å². The molecule has 0 radical (unpaired) electrons. The van der Waals surface area contributed by atoms with Crippen molar-refractivity contribution in [2.45, 2.75) is 6.92 Å². The van der Waals surface area contributed by atoms with Gasteiger partial charge in [0.15, 0.2) is 0 Å². The van der Waals surface area contributed by atoms with Crippen molar-refractivity contribution in [3.05, 3.63) is 54.0 Å². The maximum atomic E-state index is 13.5. The smallest absolute Gasteiger partial charge is 0.148 e. The Kier molecular flexibility index (Phi) is 2.30. The van der Waals surface area contributed by atoms with E-state index in [-0.39, 0.29) is 5.69 Å². The molecule has 2 N–H and O–H groups in total. The third kappa shape index (κ3) is 1.54. The zero-order valence-corrected chi connectivity index (χ0v) is 9.89. The zero-order chi connectivity index (χ0) is 12.7. The molecule has 0 bridgehead atoms. The van der Waals surface area contributed by atoms with Crippen LogP contribution in [-0.2, 0) is 0 Å². The van der Waals surface area contributed by atoms with Crippen LogP contribution in [0.15, 0.2) is 42.5 Å². The Hall–Kier alpha value is -2.36. The van der Waals surface area contributed by atoms with Crippen molar-refractivity contribution in [2.75, 3.05) is 5.73 Å². The molecule has 1 aromatic heterocycles. The van der Waals surface area contributed by atoms with Crippen LogP contribution in [0.1, 0.15) is 5.69 Å². The molecule has 0 unspecified atom stereocenters. The summed E-state index contributed by atoms with van der Waals surface area (Å²) in [7, 11) is 0. The Balaban J connectivity index is 2.28. The SMILES string of the molecule is Cc1nn(-c2ccc(N)c(F)c2)c2ccccc12. The number of hydrogen-bond donors (Lipinski definition) is 1. The predicted molar refractivity (Wildman–Crippen MR) is 70.2 cm³/mol. The highest BCUT2D eigenvalue weighted by Crippen LogP contribution is 2.23. The number of aryl methyl sites for hydroxylation is 1. The first-order chi connectivity index (χ1) is 8.66. The summed E-state index contributed by atoms with van der Waals surface area (Å²) in [6.07, 6.45) is 0. The lowest BCUT2D eigenvalue weighted by Crippen LogP contribution is -1.99. The van der Waals surface area contributed by atoms with E-state index in [0.29, 0.717) is 5.69 Å². The monoisotopic (exact) mass is 241 g/mol. The van der Waals surface area contributed by atoms with E-state index in [4.69, 9.17) is 5.73 Å². The minimum atomic E-state index is -0.426. The molecule has 3 aromatic rings. The number of benzene rings is 2. The molecule has 3 nitrogen and oxygen atoms in total. The minimum absolute atomic E-state index is 0.145. The number of nitrogens with zero attached hydrogens (tertiary/aromatic N) is 2. The van der Waals surface area contributed by atoms with Crippen molar-refractivity contribution < 1.29 is 4.39 Å². The lowest BCUT2D eigenvalue weighted by Gasteiger charge is -2.04. The largest absolute Gasteiger partial charge is 0.396 e. The van der Waals surface area contributed by atoms with E-state index in [1.807, 2.05) is 31.2 Å². The summed E-state index contributed by atoms with van der Waals surface area (Å²) in [6.45, 7) is 1.94. The molecule has 18 heavy (non-hydrogen) atoms. The van der Waals surface area contributed by atoms with E-state index in [9.17, 15) is 4.39 Å². The number of nitrogens with two attached hydrogens (primary N) is 1. The Morgan fingerprint density at radius 1 is 1.17 bits per heavy atom. The van der Waals surface area contributed by atoms with Gasteiger partial charge < -0.3 is 5.73 Å². The summed E-state index contributed by atoms with van der Waals surface area (Å²) in [6, 6.07) is 12.6. The fourth-order valence-electron chi connectivity index (χ4n) is 2.07. The fourth-order valence-corrected chi connectivity index (χ4v) is 2.07. The fraction of sp³-hybridized carbons (Fsp3) is 0.0714. The Labute approximate surface area is 104 Å². The van der Waals surface area contributed by atoms with E-state index in [2.05, 4.69) is 5.10 Å². The van der Waals surface area contributed by atoms with Crippen LogP contribution < -0.4 is 5.73 Å². The van der Waals surface area contributed by atoms with Gasteiger partial charge in [-0.15, -0.1) is 0 Å². The third-order valence-electron chi connectivity index (χ3n) is 3.00. The molecule has 1 heterocycles. The Morgan fingerprint density at radius 2 is 1.94 bits per heavy atom. The summed E-state index contributed by atoms with van der Waals surface area (Å²) < 4.78 is 15.2. The number of aromatic nitrogens is 2. The molecule has 2 aromatic carbocycles. The molecule has 0 fully saturated rings. The standard InChI is InChI=1S/C14H12FN3/c1-9-11-4-2-3-5-14(11)18(17-9)10-6-7-13(16)12(15)8-10/h2-8H,16H2,1H3. The van der Waals surface area contributed by atoms with Crippen molar-refractivity contribution in [3.63, 3.8) is 0 Å². The number of hydrogen-bond acceptors (Lipinski definition) is 2. The lowest BCUT2D eigenvalue weighted by atomic mass is 10.2. The molecule has 3 rings (SSSR count). The normalized spacial score (nSPS) is 11.0. The zero-order valence-electron chi connectivity index (χ0n) is 9.89. The highest BCUT2D eigenvalue weighted by molar-refractivity contribution is 5.83. The number of para-hydroxylation sites is 1. The van der Waals surface area contributed by atoms with E-state index < -0.39 is 5.82 Å². The van der Waals surface area contributed by atoms with Gasteiger partial charge >= 0.3 is 0 Å². The number of nitrogen functional groups attached to an aromatic ring is 1. The molecule has 0 aliphatic rings.